The average Bonchev–Trinajstić information content (AvgIpc) is 2.64. The summed E-state index contributed by atoms with van der Waals surface area (Å²) in [7, 11) is 2.96. The molecule has 0 aliphatic carbocycles. The molecular weight excluding hydrogens is 353 g/mol. The second-order valence-corrected chi connectivity index (χ2v) is 6.16. The van der Waals surface area contributed by atoms with Gasteiger partial charge in [-0.2, -0.15) is 0 Å². The normalized spacial score (nSPS) is 11.6. The predicted molar refractivity (Wildman–Crippen MR) is 97.9 cm³/mol. The van der Waals surface area contributed by atoms with E-state index in [0.717, 1.165) is 0 Å². The molecule has 1 amide bonds. The van der Waals surface area contributed by atoms with Crippen molar-refractivity contribution in [3.05, 3.63) is 58.4 Å². The van der Waals surface area contributed by atoms with E-state index in [4.69, 9.17) is 9.47 Å². The van der Waals surface area contributed by atoms with Gasteiger partial charge in [0.25, 0.3) is 5.91 Å². The molecule has 2 N–H and O–H groups in total. The number of carboxylic acids is 1. The first-order valence-corrected chi connectivity index (χ1v) is 8.28. The van der Waals surface area contributed by atoms with Crippen LogP contribution in [0.3, 0.4) is 0 Å². The number of ether oxygens (including phenoxy) is 2. The zero-order valence-corrected chi connectivity index (χ0v) is 15.6. The van der Waals surface area contributed by atoms with Gasteiger partial charge in [-0.1, -0.05) is 6.07 Å². The van der Waals surface area contributed by atoms with Crippen LogP contribution in [0.5, 0.6) is 11.5 Å². The Morgan fingerprint density at radius 3 is 2.19 bits per heavy atom. The summed E-state index contributed by atoms with van der Waals surface area (Å²) in [5, 5.41) is 11.9. The van der Waals surface area contributed by atoms with E-state index in [0.29, 0.717) is 28.2 Å². The van der Waals surface area contributed by atoms with Gasteiger partial charge in [-0.15, -0.1) is 0 Å². The molecule has 0 aliphatic rings. The monoisotopic (exact) mass is 375 g/mol. The minimum Gasteiger partial charge on any atom is -0.493 e. The zero-order chi connectivity index (χ0) is 20.1. The number of hydrogen-bond donors (Lipinski definition) is 2. The molecule has 6 nitrogen and oxygen atoms in total. The van der Waals surface area contributed by atoms with Crippen molar-refractivity contribution < 1.29 is 28.6 Å². The number of amides is 1. The maximum absolute atomic E-state index is 13.8. The molecule has 27 heavy (non-hydrogen) atoms. The van der Waals surface area contributed by atoms with Crippen molar-refractivity contribution in [3.8, 4) is 11.5 Å². The van der Waals surface area contributed by atoms with Crippen LogP contribution in [0.2, 0.25) is 0 Å². The molecule has 0 bridgehead atoms. The molecule has 0 heterocycles. The second-order valence-electron chi connectivity index (χ2n) is 6.16. The molecule has 2 aromatic rings. The van der Waals surface area contributed by atoms with Gasteiger partial charge in [0.1, 0.15) is 5.82 Å². The number of aryl methyl sites for hydroxylation is 2. The van der Waals surface area contributed by atoms with Crippen molar-refractivity contribution in [3.63, 3.8) is 0 Å². The molecule has 2 rings (SSSR count). The van der Waals surface area contributed by atoms with Crippen LogP contribution in [-0.4, -0.2) is 31.2 Å². The maximum Gasteiger partial charge on any atom is 0.305 e. The Balaban J connectivity index is 2.34. The first kappa shape index (κ1) is 20.2. The molecule has 7 heteroatoms. The summed E-state index contributed by atoms with van der Waals surface area (Å²) in [5.41, 5.74) is 1.52. The number of carboxylic acid groups (broad SMARTS) is 1. The SMILES string of the molecule is COc1ccc(C(CC(=O)O)NC(=O)c2cc(C)c(F)c(C)c2)cc1OC. The second kappa shape index (κ2) is 8.53. The topological polar surface area (TPSA) is 84.9 Å². The Bertz CT molecular complexity index is 842. The average molecular weight is 375 g/mol. The zero-order valence-electron chi connectivity index (χ0n) is 15.6. The van der Waals surface area contributed by atoms with Gasteiger partial charge >= 0.3 is 5.97 Å². The number of nitrogens with one attached hydrogen (secondary N) is 1. The summed E-state index contributed by atoms with van der Waals surface area (Å²) in [6.45, 7) is 3.14. The number of carbonyl (C=O) groups is 2. The third-order valence-electron chi connectivity index (χ3n) is 4.19. The molecule has 0 radical (unpaired) electrons. The number of halogens is 1. The predicted octanol–water partition coefficient (Wildman–Crippen LogP) is 3.41. The standard InChI is InChI=1S/C20H22FNO5/c1-11-7-14(8-12(2)19(11)21)20(25)22-15(10-18(23)24)13-5-6-16(26-3)17(9-13)27-4/h5-9,15H,10H2,1-4H3,(H,22,25)(H,23,24). The van der Waals surface area contributed by atoms with Gasteiger partial charge < -0.3 is 19.9 Å². The number of benzene rings is 2. The lowest BCUT2D eigenvalue weighted by Crippen LogP contribution is -2.30. The molecule has 0 saturated heterocycles. The van der Waals surface area contributed by atoms with Crippen molar-refractivity contribution in [2.75, 3.05) is 14.2 Å². The van der Waals surface area contributed by atoms with Crippen LogP contribution in [0, 0.1) is 19.7 Å². The van der Waals surface area contributed by atoms with Gasteiger partial charge in [0.05, 0.1) is 26.7 Å². The third-order valence-corrected chi connectivity index (χ3v) is 4.19. The highest BCUT2D eigenvalue weighted by atomic mass is 19.1. The minimum atomic E-state index is -1.07. The van der Waals surface area contributed by atoms with Crippen LogP contribution in [0.15, 0.2) is 30.3 Å². The van der Waals surface area contributed by atoms with Crippen molar-refractivity contribution >= 4 is 11.9 Å². The Labute approximate surface area is 156 Å². The molecular formula is C20H22FNO5. The lowest BCUT2D eigenvalue weighted by Gasteiger charge is -2.19. The van der Waals surface area contributed by atoms with E-state index in [-0.39, 0.29) is 17.8 Å². The van der Waals surface area contributed by atoms with E-state index in [1.165, 1.54) is 26.4 Å². The molecule has 0 aromatic heterocycles. The van der Waals surface area contributed by atoms with Crippen molar-refractivity contribution in [2.45, 2.75) is 26.3 Å². The summed E-state index contributed by atoms with van der Waals surface area (Å²) in [4.78, 5) is 23.9. The Morgan fingerprint density at radius 1 is 1.07 bits per heavy atom. The fourth-order valence-electron chi connectivity index (χ4n) is 2.81. The highest BCUT2D eigenvalue weighted by molar-refractivity contribution is 5.95. The van der Waals surface area contributed by atoms with Gasteiger partial charge in [-0.05, 0) is 54.8 Å². The van der Waals surface area contributed by atoms with Crippen molar-refractivity contribution in [1.82, 2.24) is 5.32 Å². The van der Waals surface area contributed by atoms with E-state index in [2.05, 4.69) is 5.32 Å². The van der Waals surface area contributed by atoms with Crippen molar-refractivity contribution in [2.24, 2.45) is 0 Å². The first-order valence-electron chi connectivity index (χ1n) is 8.28. The summed E-state index contributed by atoms with van der Waals surface area (Å²) >= 11 is 0. The third kappa shape index (κ3) is 4.75. The smallest absolute Gasteiger partial charge is 0.305 e. The number of methoxy groups -OCH3 is 2. The van der Waals surface area contributed by atoms with E-state index in [9.17, 15) is 19.1 Å². The van der Waals surface area contributed by atoms with Gasteiger partial charge in [0, 0.05) is 5.56 Å². The van der Waals surface area contributed by atoms with Gasteiger partial charge in [-0.3, -0.25) is 9.59 Å². The molecule has 0 saturated carbocycles. The quantitative estimate of drug-likeness (QED) is 0.775. The van der Waals surface area contributed by atoms with Crippen LogP contribution in [-0.2, 0) is 4.79 Å². The number of rotatable bonds is 7. The fourth-order valence-corrected chi connectivity index (χ4v) is 2.81. The fraction of sp³-hybridized carbons (Fsp3) is 0.300. The highest BCUT2D eigenvalue weighted by Crippen LogP contribution is 2.31. The summed E-state index contributed by atoms with van der Waals surface area (Å²) in [6, 6.07) is 7.00. The van der Waals surface area contributed by atoms with Crippen LogP contribution in [0.1, 0.15) is 39.5 Å². The highest BCUT2D eigenvalue weighted by Gasteiger charge is 2.21. The molecule has 1 atom stereocenters. The molecule has 0 aliphatic heterocycles. The van der Waals surface area contributed by atoms with Crippen LogP contribution < -0.4 is 14.8 Å². The van der Waals surface area contributed by atoms with E-state index in [1.54, 1.807) is 32.0 Å². The Kier molecular flexibility index (Phi) is 6.39. The molecule has 0 fully saturated rings. The Morgan fingerprint density at radius 2 is 1.67 bits per heavy atom. The molecule has 144 valence electrons. The molecule has 0 spiro atoms. The first-order chi connectivity index (χ1) is 12.8. The minimum absolute atomic E-state index is 0.266. The van der Waals surface area contributed by atoms with E-state index >= 15 is 0 Å². The molecule has 2 aromatic carbocycles. The number of aliphatic carboxylic acids is 1. The van der Waals surface area contributed by atoms with Crippen LogP contribution in [0.25, 0.3) is 0 Å². The van der Waals surface area contributed by atoms with Crippen LogP contribution in [0.4, 0.5) is 4.39 Å². The van der Waals surface area contributed by atoms with Gasteiger partial charge in [0.15, 0.2) is 11.5 Å². The number of hydrogen-bond acceptors (Lipinski definition) is 4. The van der Waals surface area contributed by atoms with Gasteiger partial charge in [0.2, 0.25) is 0 Å². The van der Waals surface area contributed by atoms with E-state index in [1.807, 2.05) is 0 Å². The van der Waals surface area contributed by atoms with E-state index < -0.39 is 17.9 Å². The maximum atomic E-state index is 13.8. The summed E-state index contributed by atoms with van der Waals surface area (Å²) in [6.07, 6.45) is -0.319. The largest absolute Gasteiger partial charge is 0.493 e. The summed E-state index contributed by atoms with van der Waals surface area (Å²) < 4.78 is 24.2. The molecule has 1 unspecified atom stereocenters. The summed E-state index contributed by atoms with van der Waals surface area (Å²) in [5.74, 6) is -1.00. The number of carbonyl (C=O) groups excluding carboxylic acids is 1. The lowest BCUT2D eigenvalue weighted by molar-refractivity contribution is -0.137. The lowest BCUT2D eigenvalue weighted by atomic mass is 10.0. The van der Waals surface area contributed by atoms with Crippen molar-refractivity contribution in [1.29, 1.82) is 0 Å². The Hall–Kier alpha value is -3.09. The van der Waals surface area contributed by atoms with Crippen LogP contribution >= 0.6 is 0 Å². The van der Waals surface area contributed by atoms with Gasteiger partial charge in [-0.25, -0.2) is 4.39 Å².